The zero-order chi connectivity index (χ0) is 16.2. The maximum atomic E-state index is 11.2. The molecule has 0 radical (unpaired) electrons. The summed E-state index contributed by atoms with van der Waals surface area (Å²) in [5, 5.41) is 19.0. The van der Waals surface area contributed by atoms with Gasteiger partial charge in [-0.1, -0.05) is 12.1 Å². The molecule has 2 aromatic heterocycles. The van der Waals surface area contributed by atoms with E-state index in [2.05, 4.69) is 20.7 Å². The van der Waals surface area contributed by atoms with Crippen molar-refractivity contribution in [1.29, 1.82) is 0 Å². The van der Waals surface area contributed by atoms with E-state index in [4.69, 9.17) is 5.11 Å². The van der Waals surface area contributed by atoms with Crippen LogP contribution in [0.2, 0.25) is 0 Å². The maximum Gasteiger partial charge on any atom is 0.221 e. The molecule has 3 rings (SSSR count). The Hall–Kier alpha value is -2.93. The summed E-state index contributed by atoms with van der Waals surface area (Å²) in [7, 11) is 0. The van der Waals surface area contributed by atoms with E-state index in [1.165, 1.54) is 6.92 Å². The lowest BCUT2D eigenvalue weighted by molar-refractivity contribution is -0.114. The van der Waals surface area contributed by atoms with Gasteiger partial charge in [-0.15, -0.1) is 0 Å². The predicted molar refractivity (Wildman–Crippen MR) is 88.3 cm³/mol. The Kier molecular flexibility index (Phi) is 4.20. The molecule has 0 bridgehead atoms. The molecule has 118 valence electrons. The van der Waals surface area contributed by atoms with E-state index < -0.39 is 0 Å². The van der Waals surface area contributed by atoms with Gasteiger partial charge in [0.05, 0.1) is 12.8 Å². The van der Waals surface area contributed by atoms with E-state index in [0.29, 0.717) is 18.0 Å². The van der Waals surface area contributed by atoms with Gasteiger partial charge < -0.3 is 15.7 Å². The molecule has 23 heavy (non-hydrogen) atoms. The third-order valence-corrected chi connectivity index (χ3v) is 3.28. The van der Waals surface area contributed by atoms with Gasteiger partial charge in [0, 0.05) is 30.9 Å². The largest absolute Gasteiger partial charge is 0.395 e. The van der Waals surface area contributed by atoms with Crippen molar-refractivity contribution < 1.29 is 9.90 Å². The van der Waals surface area contributed by atoms with Crippen LogP contribution in [0.5, 0.6) is 0 Å². The molecule has 2 heterocycles. The molecule has 3 aromatic rings. The van der Waals surface area contributed by atoms with Crippen LogP contribution >= 0.6 is 0 Å². The molecule has 0 saturated heterocycles. The number of rotatable bonds is 5. The maximum absolute atomic E-state index is 11.2. The first-order chi connectivity index (χ1) is 11.2. The second-order valence-corrected chi connectivity index (χ2v) is 5.05. The number of carbonyl (C=O) groups excluding carboxylic acids is 1. The molecule has 0 atom stereocenters. The molecular formula is C16H17N5O2. The van der Waals surface area contributed by atoms with Gasteiger partial charge >= 0.3 is 0 Å². The SMILES string of the molecule is CC(=O)Nc1cccc(-c2cnn3ccc(NCCO)nc23)c1. The minimum atomic E-state index is -0.115. The molecule has 3 N–H and O–H groups in total. The van der Waals surface area contributed by atoms with Crippen molar-refractivity contribution in [3.8, 4) is 11.1 Å². The highest BCUT2D eigenvalue weighted by Crippen LogP contribution is 2.26. The van der Waals surface area contributed by atoms with Crippen molar-refractivity contribution in [1.82, 2.24) is 14.6 Å². The average Bonchev–Trinajstić information content (AvgIpc) is 2.95. The normalized spacial score (nSPS) is 10.7. The molecule has 7 heteroatoms. The quantitative estimate of drug-likeness (QED) is 0.668. The second-order valence-electron chi connectivity index (χ2n) is 5.05. The Balaban J connectivity index is 2.00. The first-order valence-corrected chi connectivity index (χ1v) is 7.24. The molecule has 0 spiro atoms. The third-order valence-electron chi connectivity index (χ3n) is 3.28. The van der Waals surface area contributed by atoms with Crippen LogP contribution in [0, 0.1) is 0 Å². The fourth-order valence-corrected chi connectivity index (χ4v) is 2.32. The van der Waals surface area contributed by atoms with Gasteiger partial charge in [0.15, 0.2) is 5.65 Å². The summed E-state index contributed by atoms with van der Waals surface area (Å²) in [6.45, 7) is 1.95. The smallest absolute Gasteiger partial charge is 0.221 e. The number of fused-ring (bicyclic) bond motifs is 1. The van der Waals surface area contributed by atoms with Gasteiger partial charge in [-0.05, 0) is 23.8 Å². The Morgan fingerprint density at radius 1 is 1.35 bits per heavy atom. The zero-order valence-electron chi connectivity index (χ0n) is 12.7. The lowest BCUT2D eigenvalue weighted by atomic mass is 10.1. The number of amides is 1. The van der Waals surface area contributed by atoms with E-state index in [-0.39, 0.29) is 12.5 Å². The van der Waals surface area contributed by atoms with Gasteiger partial charge in [-0.3, -0.25) is 4.79 Å². The molecule has 0 aliphatic carbocycles. The molecule has 1 aromatic carbocycles. The van der Waals surface area contributed by atoms with Gasteiger partial charge in [0.1, 0.15) is 5.82 Å². The van der Waals surface area contributed by atoms with Crippen molar-refractivity contribution in [2.24, 2.45) is 0 Å². The number of hydrogen-bond donors (Lipinski definition) is 3. The highest BCUT2D eigenvalue weighted by Gasteiger charge is 2.10. The van der Waals surface area contributed by atoms with E-state index in [1.807, 2.05) is 30.5 Å². The number of nitrogens with zero attached hydrogens (tertiary/aromatic N) is 3. The number of aliphatic hydroxyl groups excluding tert-OH is 1. The number of anilines is 2. The molecule has 0 unspecified atom stereocenters. The lowest BCUT2D eigenvalue weighted by Crippen LogP contribution is -2.07. The standard InChI is InChI=1S/C16H17N5O2/c1-11(23)19-13-4-2-3-12(9-13)14-10-18-21-7-5-15(17-6-8-22)20-16(14)21/h2-5,7,9-10,22H,6,8H2,1H3,(H,17,20)(H,19,23). The fourth-order valence-electron chi connectivity index (χ4n) is 2.32. The van der Waals surface area contributed by atoms with Crippen LogP contribution in [0.4, 0.5) is 11.5 Å². The lowest BCUT2D eigenvalue weighted by Gasteiger charge is -2.06. The molecule has 0 aliphatic rings. The molecule has 0 fully saturated rings. The van der Waals surface area contributed by atoms with Crippen LogP contribution < -0.4 is 10.6 Å². The summed E-state index contributed by atoms with van der Waals surface area (Å²) < 4.78 is 1.69. The number of nitrogens with one attached hydrogen (secondary N) is 2. The second kappa shape index (κ2) is 6.45. The van der Waals surface area contributed by atoms with Crippen LogP contribution in [0.1, 0.15) is 6.92 Å². The van der Waals surface area contributed by atoms with Gasteiger partial charge in [-0.2, -0.15) is 5.10 Å². The van der Waals surface area contributed by atoms with Gasteiger partial charge in [-0.25, -0.2) is 9.50 Å². The first-order valence-electron chi connectivity index (χ1n) is 7.24. The summed E-state index contributed by atoms with van der Waals surface area (Å²) in [6.07, 6.45) is 3.55. The summed E-state index contributed by atoms with van der Waals surface area (Å²) in [5.41, 5.74) is 3.21. The van der Waals surface area contributed by atoms with Crippen LogP contribution in [0.3, 0.4) is 0 Å². The van der Waals surface area contributed by atoms with Crippen molar-refractivity contribution in [3.05, 3.63) is 42.7 Å². The molecule has 7 nitrogen and oxygen atoms in total. The predicted octanol–water partition coefficient (Wildman–Crippen LogP) is 1.76. The molecule has 1 amide bonds. The number of benzene rings is 1. The number of hydrogen-bond acceptors (Lipinski definition) is 5. The third kappa shape index (κ3) is 3.29. The van der Waals surface area contributed by atoms with E-state index in [9.17, 15) is 4.79 Å². The van der Waals surface area contributed by atoms with E-state index in [0.717, 1.165) is 16.8 Å². The van der Waals surface area contributed by atoms with Crippen molar-refractivity contribution in [2.45, 2.75) is 6.92 Å². The summed E-state index contributed by atoms with van der Waals surface area (Å²) in [4.78, 5) is 15.7. The van der Waals surface area contributed by atoms with Crippen LogP contribution in [0.25, 0.3) is 16.8 Å². The van der Waals surface area contributed by atoms with Crippen molar-refractivity contribution >= 4 is 23.1 Å². The molecular weight excluding hydrogens is 294 g/mol. The fraction of sp³-hybridized carbons (Fsp3) is 0.188. The Morgan fingerprint density at radius 2 is 2.22 bits per heavy atom. The number of carbonyl (C=O) groups is 1. The Bertz CT molecular complexity index is 843. The zero-order valence-corrected chi connectivity index (χ0v) is 12.7. The van der Waals surface area contributed by atoms with Crippen molar-refractivity contribution in [3.63, 3.8) is 0 Å². The Morgan fingerprint density at radius 3 is 3.00 bits per heavy atom. The van der Waals surface area contributed by atoms with Gasteiger partial charge in [0.2, 0.25) is 5.91 Å². The van der Waals surface area contributed by atoms with Crippen molar-refractivity contribution in [2.75, 3.05) is 23.8 Å². The topological polar surface area (TPSA) is 91.6 Å². The van der Waals surface area contributed by atoms with Crippen LogP contribution in [0.15, 0.2) is 42.7 Å². The minimum Gasteiger partial charge on any atom is -0.395 e. The number of aliphatic hydroxyl groups is 1. The molecule has 0 aliphatic heterocycles. The Labute approximate surface area is 133 Å². The minimum absolute atomic E-state index is 0.0394. The monoisotopic (exact) mass is 311 g/mol. The van der Waals surface area contributed by atoms with E-state index >= 15 is 0 Å². The first kappa shape index (κ1) is 15.0. The highest BCUT2D eigenvalue weighted by molar-refractivity contribution is 5.90. The summed E-state index contributed by atoms with van der Waals surface area (Å²) >= 11 is 0. The van der Waals surface area contributed by atoms with Gasteiger partial charge in [0.25, 0.3) is 0 Å². The molecule has 0 saturated carbocycles. The summed E-state index contributed by atoms with van der Waals surface area (Å²) in [5.74, 6) is 0.557. The van der Waals surface area contributed by atoms with Crippen LogP contribution in [-0.4, -0.2) is 38.8 Å². The average molecular weight is 311 g/mol. The number of aromatic nitrogens is 3. The van der Waals surface area contributed by atoms with Crippen LogP contribution in [-0.2, 0) is 4.79 Å². The highest BCUT2D eigenvalue weighted by atomic mass is 16.3. The van der Waals surface area contributed by atoms with E-state index in [1.54, 1.807) is 16.8 Å². The summed E-state index contributed by atoms with van der Waals surface area (Å²) in [6, 6.07) is 9.33.